The fourth-order valence-corrected chi connectivity index (χ4v) is 3.23. The van der Waals surface area contributed by atoms with Crippen LogP contribution in [0.4, 0.5) is 0 Å². The van der Waals surface area contributed by atoms with E-state index >= 15 is 0 Å². The summed E-state index contributed by atoms with van der Waals surface area (Å²) in [6, 6.07) is 22.3. The van der Waals surface area contributed by atoms with Crippen LogP contribution in [0.2, 0.25) is 5.02 Å². The van der Waals surface area contributed by atoms with Gasteiger partial charge in [-0.15, -0.1) is 0 Å². The Morgan fingerprint density at radius 2 is 1.72 bits per heavy atom. The Kier molecular flexibility index (Phi) is 4.15. The molecule has 0 aliphatic rings. The number of aromatic nitrogens is 2. The van der Waals surface area contributed by atoms with Crippen LogP contribution in [0.25, 0.3) is 22.4 Å². The summed E-state index contributed by atoms with van der Waals surface area (Å²) >= 11 is 9.50. The molecule has 0 aliphatic carbocycles. The van der Waals surface area contributed by atoms with Crippen LogP contribution in [0.15, 0.2) is 77.3 Å². The Morgan fingerprint density at radius 3 is 2.48 bits per heavy atom. The lowest BCUT2D eigenvalue weighted by Gasteiger charge is -2.09. The molecule has 3 nitrogen and oxygen atoms in total. The minimum atomic E-state index is -0.158. The van der Waals surface area contributed by atoms with Gasteiger partial charge < -0.3 is 0 Å². The predicted molar refractivity (Wildman–Crippen MR) is 104 cm³/mol. The third-order valence-electron chi connectivity index (χ3n) is 3.94. The summed E-state index contributed by atoms with van der Waals surface area (Å²) in [6.45, 7) is 0. The highest BCUT2D eigenvalue weighted by Crippen LogP contribution is 2.27. The molecule has 0 aliphatic heterocycles. The second-order valence-corrected chi connectivity index (χ2v) is 6.93. The Morgan fingerprint density at radius 1 is 0.960 bits per heavy atom. The molecule has 0 N–H and O–H groups in total. The smallest absolute Gasteiger partial charge is 0.264 e. The van der Waals surface area contributed by atoms with Crippen molar-refractivity contribution in [2.75, 3.05) is 0 Å². The number of carbonyl (C=O) groups is 1. The second-order valence-electron chi connectivity index (χ2n) is 5.58. The molecule has 0 spiro atoms. The van der Waals surface area contributed by atoms with E-state index in [0.717, 1.165) is 21.1 Å². The quantitative estimate of drug-likeness (QED) is 0.417. The van der Waals surface area contributed by atoms with Crippen LogP contribution in [0.1, 0.15) is 10.4 Å². The van der Waals surface area contributed by atoms with E-state index in [4.69, 9.17) is 11.6 Å². The number of imidazole rings is 1. The number of rotatable bonds is 2. The first-order chi connectivity index (χ1) is 12.1. The Hall–Kier alpha value is -2.43. The Bertz CT molecular complexity index is 1090. The van der Waals surface area contributed by atoms with E-state index in [-0.39, 0.29) is 5.91 Å². The van der Waals surface area contributed by atoms with E-state index in [1.54, 1.807) is 28.8 Å². The highest BCUT2D eigenvalue weighted by atomic mass is 79.9. The molecule has 25 heavy (non-hydrogen) atoms. The molecule has 1 heterocycles. The van der Waals surface area contributed by atoms with Crippen LogP contribution in [0.3, 0.4) is 0 Å². The third-order valence-corrected chi connectivity index (χ3v) is 4.70. The molecule has 1 aromatic heterocycles. The van der Waals surface area contributed by atoms with Gasteiger partial charge in [0.2, 0.25) is 0 Å². The van der Waals surface area contributed by atoms with Gasteiger partial charge >= 0.3 is 0 Å². The molecule has 4 aromatic rings. The van der Waals surface area contributed by atoms with Crippen molar-refractivity contribution in [2.45, 2.75) is 0 Å². The molecule has 0 unspecified atom stereocenters. The van der Waals surface area contributed by atoms with E-state index in [2.05, 4.69) is 20.9 Å². The number of halogens is 2. The molecule has 3 aromatic carbocycles. The van der Waals surface area contributed by atoms with Crippen LogP contribution >= 0.6 is 27.5 Å². The number of para-hydroxylation sites is 2. The summed E-state index contributed by atoms with van der Waals surface area (Å²) in [4.78, 5) is 17.9. The van der Waals surface area contributed by atoms with Gasteiger partial charge in [0.05, 0.1) is 11.0 Å². The molecule has 0 amide bonds. The summed E-state index contributed by atoms with van der Waals surface area (Å²) in [5.41, 5.74) is 2.94. The Balaban J connectivity index is 1.96. The fourth-order valence-electron chi connectivity index (χ4n) is 2.77. The molecule has 4 rings (SSSR count). The average Bonchev–Trinajstić information content (AvgIpc) is 3.01. The van der Waals surface area contributed by atoms with Crippen LogP contribution < -0.4 is 0 Å². The topological polar surface area (TPSA) is 34.9 Å². The number of carbonyl (C=O) groups excluding carboxylic acids is 1. The summed E-state index contributed by atoms with van der Waals surface area (Å²) in [5, 5.41) is 0.528. The highest BCUT2D eigenvalue weighted by molar-refractivity contribution is 9.10. The van der Waals surface area contributed by atoms with Crippen molar-refractivity contribution in [3.63, 3.8) is 0 Å². The lowest BCUT2D eigenvalue weighted by molar-refractivity contribution is 0.0966. The van der Waals surface area contributed by atoms with Crippen LogP contribution in [-0.4, -0.2) is 15.5 Å². The molecule has 0 fully saturated rings. The molecular formula is C20H12BrClN2O. The first kappa shape index (κ1) is 16.1. The van der Waals surface area contributed by atoms with Gasteiger partial charge in [0.25, 0.3) is 5.91 Å². The normalized spacial score (nSPS) is 11.0. The van der Waals surface area contributed by atoms with Gasteiger partial charge in [-0.2, -0.15) is 0 Å². The van der Waals surface area contributed by atoms with E-state index < -0.39 is 0 Å². The van der Waals surface area contributed by atoms with Gasteiger partial charge in [0, 0.05) is 20.6 Å². The molecule has 0 saturated carbocycles. The third kappa shape index (κ3) is 2.99. The molecule has 0 radical (unpaired) electrons. The molecule has 0 atom stereocenters. The first-order valence-electron chi connectivity index (χ1n) is 7.67. The minimum Gasteiger partial charge on any atom is -0.268 e. The summed E-state index contributed by atoms with van der Waals surface area (Å²) < 4.78 is 2.62. The zero-order valence-corrected chi connectivity index (χ0v) is 15.3. The summed E-state index contributed by atoms with van der Waals surface area (Å²) in [5.74, 6) is 0.452. The fraction of sp³-hybridized carbons (Fsp3) is 0. The van der Waals surface area contributed by atoms with Gasteiger partial charge in [-0.3, -0.25) is 9.36 Å². The zero-order chi connectivity index (χ0) is 17.4. The lowest BCUT2D eigenvalue weighted by atomic mass is 10.2. The predicted octanol–water partition coefficient (Wildman–Crippen LogP) is 5.81. The second kappa shape index (κ2) is 6.47. The maximum absolute atomic E-state index is 13.2. The van der Waals surface area contributed by atoms with Gasteiger partial charge in [0.1, 0.15) is 5.82 Å². The summed E-state index contributed by atoms with van der Waals surface area (Å²) in [7, 11) is 0. The van der Waals surface area contributed by atoms with Crippen molar-refractivity contribution in [2.24, 2.45) is 0 Å². The van der Waals surface area contributed by atoms with Gasteiger partial charge in [-0.1, -0.05) is 57.9 Å². The zero-order valence-electron chi connectivity index (χ0n) is 13.0. The van der Waals surface area contributed by atoms with Crippen molar-refractivity contribution in [3.8, 4) is 11.4 Å². The standard InChI is InChI=1S/C20H12BrClN2O/c21-15-10-8-13(9-11-15)19-23-17-6-1-2-7-18(17)24(19)20(25)14-4-3-5-16(22)12-14/h1-12H. The molecule has 0 saturated heterocycles. The number of hydrogen-bond donors (Lipinski definition) is 0. The number of benzene rings is 3. The van der Waals surface area contributed by atoms with Crippen molar-refractivity contribution >= 4 is 44.5 Å². The number of nitrogens with zero attached hydrogens (tertiary/aromatic N) is 2. The SMILES string of the molecule is O=C(c1cccc(Cl)c1)n1c(-c2ccc(Br)cc2)nc2ccccc21. The van der Waals surface area contributed by atoms with Crippen molar-refractivity contribution in [1.82, 2.24) is 9.55 Å². The van der Waals surface area contributed by atoms with E-state index in [9.17, 15) is 4.79 Å². The van der Waals surface area contributed by atoms with E-state index in [1.807, 2.05) is 48.5 Å². The average molecular weight is 412 g/mol. The minimum absolute atomic E-state index is 0.158. The van der Waals surface area contributed by atoms with Gasteiger partial charge in [-0.05, 0) is 42.5 Å². The lowest BCUT2D eigenvalue weighted by Crippen LogP contribution is -2.13. The monoisotopic (exact) mass is 410 g/mol. The molecule has 0 bridgehead atoms. The van der Waals surface area contributed by atoms with Gasteiger partial charge in [0.15, 0.2) is 0 Å². The molecule has 122 valence electrons. The Labute approximate surface area is 158 Å². The first-order valence-corrected chi connectivity index (χ1v) is 8.84. The van der Waals surface area contributed by atoms with Crippen molar-refractivity contribution < 1.29 is 4.79 Å². The van der Waals surface area contributed by atoms with E-state index in [0.29, 0.717) is 16.4 Å². The van der Waals surface area contributed by atoms with Crippen LogP contribution in [0, 0.1) is 0 Å². The number of fused-ring (bicyclic) bond motifs is 1. The van der Waals surface area contributed by atoms with Crippen molar-refractivity contribution in [3.05, 3.63) is 87.9 Å². The van der Waals surface area contributed by atoms with Crippen LogP contribution in [0.5, 0.6) is 0 Å². The molecule has 5 heteroatoms. The van der Waals surface area contributed by atoms with E-state index in [1.165, 1.54) is 0 Å². The van der Waals surface area contributed by atoms with Crippen molar-refractivity contribution in [1.29, 1.82) is 0 Å². The highest BCUT2D eigenvalue weighted by Gasteiger charge is 2.19. The maximum Gasteiger partial charge on any atom is 0.264 e. The molecular weight excluding hydrogens is 400 g/mol. The largest absolute Gasteiger partial charge is 0.268 e. The summed E-state index contributed by atoms with van der Waals surface area (Å²) in [6.07, 6.45) is 0. The maximum atomic E-state index is 13.2. The number of hydrogen-bond acceptors (Lipinski definition) is 2. The van der Waals surface area contributed by atoms with Gasteiger partial charge in [-0.25, -0.2) is 4.98 Å². The van der Waals surface area contributed by atoms with Crippen LogP contribution in [-0.2, 0) is 0 Å².